The van der Waals surface area contributed by atoms with Crippen molar-refractivity contribution in [1.29, 1.82) is 0 Å². The molecule has 0 unspecified atom stereocenters. The highest BCUT2D eigenvalue weighted by atomic mass is 35.5. The first-order valence-corrected chi connectivity index (χ1v) is 13.7. The summed E-state index contributed by atoms with van der Waals surface area (Å²) >= 11 is 6.94. The van der Waals surface area contributed by atoms with Gasteiger partial charge >= 0.3 is 11.9 Å². The number of carbonyl (C=O) groups is 2. The number of nitrogens with zero attached hydrogens (tertiary/aromatic N) is 3. The van der Waals surface area contributed by atoms with E-state index in [4.69, 9.17) is 31.6 Å². The Bertz CT molecular complexity index is 1440. The smallest absolute Gasteiger partial charge is 0.360 e. The topological polar surface area (TPSA) is 161 Å². The molecule has 0 aliphatic carbocycles. The first-order valence-electron chi connectivity index (χ1n) is 12.5. The lowest BCUT2D eigenvalue weighted by molar-refractivity contribution is -0.656. The summed E-state index contributed by atoms with van der Waals surface area (Å²) in [5.41, 5.74) is 4.03. The van der Waals surface area contributed by atoms with Gasteiger partial charge in [0.2, 0.25) is 5.71 Å². The van der Waals surface area contributed by atoms with Crippen LogP contribution in [-0.4, -0.2) is 65.7 Å². The van der Waals surface area contributed by atoms with Gasteiger partial charge in [-0.2, -0.15) is 0 Å². The van der Waals surface area contributed by atoms with Crippen LogP contribution in [0.2, 0.25) is 4.34 Å². The van der Waals surface area contributed by atoms with E-state index in [0.717, 1.165) is 47.6 Å². The number of thiazole rings is 1. The van der Waals surface area contributed by atoms with Crippen molar-refractivity contribution in [2.75, 3.05) is 37.3 Å². The number of carboxylic acid groups (broad SMARTS) is 1. The molecule has 1 atom stereocenters. The van der Waals surface area contributed by atoms with Crippen molar-refractivity contribution in [3.8, 4) is 5.75 Å². The number of hydrogen-bond acceptors (Lipinski definition) is 11. The molecule has 1 aliphatic rings. The van der Waals surface area contributed by atoms with Crippen molar-refractivity contribution < 1.29 is 33.6 Å². The normalized spacial score (nSPS) is 14.9. The van der Waals surface area contributed by atoms with Gasteiger partial charge in [0.25, 0.3) is 11.9 Å². The average Bonchev–Trinajstić information content (AvgIpc) is 3.17. The molecule has 3 aromatic rings. The minimum absolute atomic E-state index is 0.0232. The molecule has 0 amide bonds. The molecule has 1 aliphatic heterocycles. The number of aromatic nitrogens is 2. The molecule has 0 bridgehead atoms. The number of fused-ring (bicyclic) bond motifs is 1. The summed E-state index contributed by atoms with van der Waals surface area (Å²) in [6.45, 7) is 7.66. The monoisotopic (exact) mass is 591 g/mol. The van der Waals surface area contributed by atoms with Gasteiger partial charge in [0.05, 0.1) is 25.2 Å². The number of halogens is 1. The number of aliphatic carboxylic acids is 1. The molecule has 2 aromatic heterocycles. The number of esters is 1. The fourth-order valence-corrected chi connectivity index (χ4v) is 4.77. The largest absolute Gasteiger partial charge is 0.489 e. The maximum atomic E-state index is 12.9. The molecule has 0 radical (unpaired) electrons. The number of pyridine rings is 1. The standard InChI is InChI=1S/C26H31ClN6O6S/c1-26(2,3)38-24(36)18(39-32-20(23(34)35)19-21(27)40-25(28)31-19)13-37-16-5-6-17-15(9-16)7-8-33(4)22(17)30-12-14-10-29-11-14/h5-9,14,18,29H,10-13H2,1-4H3,(H3,28,31,34,35)/p+1/b32-20-/t18-/m0/s1. The summed E-state index contributed by atoms with van der Waals surface area (Å²) in [6, 6.07) is 7.53. The molecule has 0 spiro atoms. The summed E-state index contributed by atoms with van der Waals surface area (Å²) in [5.74, 6) is -0.185. The van der Waals surface area contributed by atoms with Crippen LogP contribution < -0.4 is 25.7 Å². The zero-order valence-electron chi connectivity index (χ0n) is 22.6. The lowest BCUT2D eigenvalue weighted by Crippen LogP contribution is -2.46. The zero-order valence-corrected chi connectivity index (χ0v) is 24.1. The third-order valence-electron chi connectivity index (χ3n) is 5.90. The van der Waals surface area contributed by atoms with E-state index in [0.29, 0.717) is 11.7 Å². The van der Waals surface area contributed by atoms with Crippen molar-refractivity contribution in [1.82, 2.24) is 10.3 Å². The molecule has 12 nitrogen and oxygen atoms in total. The lowest BCUT2D eigenvalue weighted by Gasteiger charge is -2.25. The van der Waals surface area contributed by atoms with Gasteiger partial charge in [0.1, 0.15) is 28.0 Å². The molecule has 4 rings (SSSR count). The molecule has 1 saturated heterocycles. The van der Waals surface area contributed by atoms with Crippen molar-refractivity contribution in [3.05, 3.63) is 40.5 Å². The van der Waals surface area contributed by atoms with Crippen LogP contribution >= 0.6 is 22.9 Å². The fraction of sp³-hybridized carbons (Fsp3) is 0.423. The Labute approximate surface area is 240 Å². The van der Waals surface area contributed by atoms with Crippen LogP contribution in [-0.2, 0) is 26.2 Å². The van der Waals surface area contributed by atoms with Crippen LogP contribution in [0.25, 0.3) is 10.8 Å². The summed E-state index contributed by atoms with van der Waals surface area (Å²) < 4.78 is 13.4. The highest BCUT2D eigenvalue weighted by Gasteiger charge is 2.30. The highest BCUT2D eigenvalue weighted by Crippen LogP contribution is 2.27. The minimum Gasteiger partial charge on any atom is -0.489 e. The van der Waals surface area contributed by atoms with E-state index < -0.39 is 29.4 Å². The van der Waals surface area contributed by atoms with Crippen LogP contribution in [0.1, 0.15) is 26.5 Å². The number of rotatable bonds is 11. The zero-order chi connectivity index (χ0) is 29.0. The Morgan fingerprint density at radius 2 is 2.10 bits per heavy atom. The second-order valence-corrected chi connectivity index (χ2v) is 11.9. The number of anilines is 2. The number of aryl methyl sites for hydroxylation is 1. The minimum atomic E-state index is -1.46. The number of carboxylic acids is 1. The second-order valence-electron chi connectivity index (χ2n) is 10.3. The van der Waals surface area contributed by atoms with Crippen molar-refractivity contribution >= 4 is 62.3 Å². The molecule has 0 saturated carbocycles. The molecule has 14 heteroatoms. The summed E-state index contributed by atoms with van der Waals surface area (Å²) in [4.78, 5) is 34.0. The van der Waals surface area contributed by atoms with E-state index in [1.807, 2.05) is 36.0 Å². The third kappa shape index (κ3) is 7.29. The Kier molecular flexibility index (Phi) is 8.96. The molecule has 40 heavy (non-hydrogen) atoms. The first-order chi connectivity index (χ1) is 18.9. The lowest BCUT2D eigenvalue weighted by atomic mass is 10.0. The maximum absolute atomic E-state index is 12.9. The van der Waals surface area contributed by atoms with Gasteiger partial charge in [0, 0.05) is 19.0 Å². The van der Waals surface area contributed by atoms with Gasteiger partial charge < -0.3 is 30.5 Å². The Morgan fingerprint density at radius 3 is 2.70 bits per heavy atom. The van der Waals surface area contributed by atoms with Gasteiger partial charge in [-0.3, -0.25) is 5.32 Å². The van der Waals surface area contributed by atoms with Crippen LogP contribution in [0.4, 0.5) is 10.9 Å². The van der Waals surface area contributed by atoms with Gasteiger partial charge in [-0.05, 0) is 50.4 Å². The van der Waals surface area contributed by atoms with E-state index in [2.05, 4.69) is 20.8 Å². The van der Waals surface area contributed by atoms with Gasteiger partial charge in [-0.15, -0.1) is 0 Å². The predicted octanol–water partition coefficient (Wildman–Crippen LogP) is 2.58. The first kappa shape index (κ1) is 29.3. The summed E-state index contributed by atoms with van der Waals surface area (Å²) in [7, 11) is 1.98. The van der Waals surface area contributed by atoms with Crippen molar-refractivity contribution in [3.63, 3.8) is 0 Å². The molecule has 3 heterocycles. The molecule has 1 aromatic carbocycles. The number of nitrogen functional groups attached to an aromatic ring is 1. The van der Waals surface area contributed by atoms with Crippen LogP contribution in [0, 0.1) is 5.92 Å². The Hall–Kier alpha value is -3.68. The maximum Gasteiger partial charge on any atom is 0.360 e. The highest BCUT2D eigenvalue weighted by molar-refractivity contribution is 7.19. The van der Waals surface area contributed by atoms with Crippen LogP contribution in [0.15, 0.2) is 35.6 Å². The summed E-state index contributed by atoms with van der Waals surface area (Å²) in [6.07, 6.45) is 0.569. The Morgan fingerprint density at radius 1 is 1.35 bits per heavy atom. The van der Waals surface area contributed by atoms with Crippen molar-refractivity contribution in [2.24, 2.45) is 18.1 Å². The fourth-order valence-electron chi connectivity index (χ4n) is 3.84. The SMILES string of the molecule is C[n+]1ccc2cc(OC[C@H](O/N=C(\C(=O)O)c3nc(N)sc3Cl)C(=O)OC(C)(C)C)ccc2c1NCC1CNC1. The number of ether oxygens (including phenoxy) is 2. The molecule has 1 fully saturated rings. The van der Waals surface area contributed by atoms with Crippen LogP contribution in [0.3, 0.4) is 0 Å². The van der Waals surface area contributed by atoms with Crippen molar-refractivity contribution in [2.45, 2.75) is 32.5 Å². The number of hydrogen-bond donors (Lipinski definition) is 4. The second kappa shape index (κ2) is 12.2. The average molecular weight is 592 g/mol. The number of nitrogens with two attached hydrogens (primary N) is 1. The number of carbonyl (C=O) groups excluding carboxylic acids is 1. The van der Waals surface area contributed by atoms with E-state index in [-0.39, 0.29) is 21.8 Å². The van der Waals surface area contributed by atoms with Gasteiger partial charge in [-0.25, -0.2) is 19.1 Å². The van der Waals surface area contributed by atoms with E-state index in [1.165, 1.54) is 0 Å². The number of benzene rings is 1. The third-order valence-corrected chi connectivity index (χ3v) is 6.99. The van der Waals surface area contributed by atoms with Crippen LogP contribution in [0.5, 0.6) is 5.75 Å². The molecule has 5 N–H and O–H groups in total. The summed E-state index contributed by atoms with van der Waals surface area (Å²) in [5, 5.41) is 22.1. The number of oxime groups is 1. The molecular formula is C26H32ClN6O6S+. The van der Waals surface area contributed by atoms with E-state index in [9.17, 15) is 14.7 Å². The number of nitrogens with one attached hydrogen (secondary N) is 2. The van der Waals surface area contributed by atoms with E-state index in [1.54, 1.807) is 26.8 Å². The Balaban J connectivity index is 1.53. The van der Waals surface area contributed by atoms with Gasteiger partial charge in [0.15, 0.2) is 5.13 Å². The predicted molar refractivity (Wildman–Crippen MR) is 152 cm³/mol. The molecular weight excluding hydrogens is 560 g/mol. The quantitative estimate of drug-likeness (QED) is 0.113. The van der Waals surface area contributed by atoms with Gasteiger partial charge in [-0.1, -0.05) is 28.1 Å². The molecule has 214 valence electrons. The van der Waals surface area contributed by atoms with E-state index >= 15 is 0 Å².